The number of carbonyl (C=O) groups excluding carboxylic acids is 1. The first-order valence-electron chi connectivity index (χ1n) is 6.77. The molecule has 1 amide bonds. The van der Waals surface area contributed by atoms with E-state index in [9.17, 15) is 4.79 Å². The molecule has 0 aromatic carbocycles. The zero-order chi connectivity index (χ0) is 13.9. The van der Waals surface area contributed by atoms with Crippen LogP contribution in [0.1, 0.15) is 44.9 Å². The Morgan fingerprint density at radius 1 is 1.30 bits per heavy atom. The molecule has 2 aromatic rings. The van der Waals surface area contributed by atoms with Crippen LogP contribution in [-0.4, -0.2) is 12.1 Å². The van der Waals surface area contributed by atoms with Gasteiger partial charge in [0.1, 0.15) is 5.00 Å². The SMILES string of the molecule is NC(=O)c1c(N=Cc2cccs2)sc2c1CCCCC2. The molecule has 1 aliphatic rings. The molecule has 0 saturated carbocycles. The van der Waals surface area contributed by atoms with Crippen molar-refractivity contribution in [1.82, 2.24) is 0 Å². The first kappa shape index (κ1) is 13.5. The molecule has 3 rings (SSSR count). The van der Waals surface area contributed by atoms with E-state index in [0.717, 1.165) is 34.7 Å². The first-order chi connectivity index (χ1) is 9.75. The second-order valence-electron chi connectivity index (χ2n) is 4.88. The first-order valence-corrected chi connectivity index (χ1v) is 8.47. The van der Waals surface area contributed by atoms with Crippen LogP contribution in [-0.2, 0) is 12.8 Å². The zero-order valence-corrected chi connectivity index (χ0v) is 12.7. The molecule has 0 atom stereocenters. The van der Waals surface area contributed by atoms with E-state index in [2.05, 4.69) is 4.99 Å². The van der Waals surface area contributed by atoms with Crippen molar-refractivity contribution < 1.29 is 4.79 Å². The Morgan fingerprint density at radius 2 is 2.15 bits per heavy atom. The van der Waals surface area contributed by atoms with Gasteiger partial charge in [0.2, 0.25) is 0 Å². The summed E-state index contributed by atoms with van der Waals surface area (Å²) in [5, 5.41) is 2.79. The van der Waals surface area contributed by atoms with Crippen molar-refractivity contribution in [3.05, 3.63) is 38.4 Å². The van der Waals surface area contributed by atoms with Crippen LogP contribution in [0.25, 0.3) is 0 Å². The molecular formula is C15H16N2OS2. The van der Waals surface area contributed by atoms with E-state index in [4.69, 9.17) is 5.73 Å². The Labute approximate surface area is 126 Å². The number of nitrogens with two attached hydrogens (primary N) is 1. The fourth-order valence-electron chi connectivity index (χ4n) is 2.56. The van der Waals surface area contributed by atoms with Crippen molar-refractivity contribution >= 4 is 39.8 Å². The van der Waals surface area contributed by atoms with Gasteiger partial charge in [0.25, 0.3) is 5.91 Å². The number of primary amides is 1. The van der Waals surface area contributed by atoms with Crippen LogP contribution in [0.15, 0.2) is 22.5 Å². The van der Waals surface area contributed by atoms with Gasteiger partial charge in [-0.25, -0.2) is 4.99 Å². The lowest BCUT2D eigenvalue weighted by molar-refractivity contribution is 0.100. The van der Waals surface area contributed by atoms with Crippen molar-refractivity contribution in [3.8, 4) is 0 Å². The highest BCUT2D eigenvalue weighted by Gasteiger charge is 2.22. The third-order valence-corrected chi connectivity index (χ3v) is 5.51. The predicted molar refractivity (Wildman–Crippen MR) is 85.7 cm³/mol. The standard InChI is InChI=1S/C15H16N2OS2/c16-14(18)13-11-6-2-1-3-7-12(11)20-15(13)17-9-10-5-4-8-19-10/h4-5,8-9H,1-3,6-7H2,(H2,16,18). The normalized spacial score (nSPS) is 15.2. The fraction of sp³-hybridized carbons (Fsp3) is 0.333. The molecule has 3 nitrogen and oxygen atoms in total. The maximum absolute atomic E-state index is 11.8. The summed E-state index contributed by atoms with van der Waals surface area (Å²) in [5.41, 5.74) is 7.38. The number of fused-ring (bicyclic) bond motifs is 1. The Kier molecular flexibility index (Phi) is 3.98. The van der Waals surface area contributed by atoms with Crippen LogP contribution >= 0.6 is 22.7 Å². The van der Waals surface area contributed by atoms with E-state index in [1.807, 2.05) is 23.7 Å². The van der Waals surface area contributed by atoms with Gasteiger partial charge in [-0.05, 0) is 42.7 Å². The average molecular weight is 304 g/mol. The van der Waals surface area contributed by atoms with Crippen LogP contribution in [0.5, 0.6) is 0 Å². The molecule has 2 aromatic heterocycles. The van der Waals surface area contributed by atoms with Crippen LogP contribution in [0.2, 0.25) is 0 Å². The molecule has 104 valence electrons. The highest BCUT2D eigenvalue weighted by atomic mass is 32.1. The molecule has 0 spiro atoms. The van der Waals surface area contributed by atoms with Gasteiger partial charge >= 0.3 is 0 Å². The van der Waals surface area contributed by atoms with Crippen LogP contribution in [0, 0.1) is 0 Å². The number of aryl methyl sites for hydroxylation is 1. The Balaban J connectivity index is 2.00. The summed E-state index contributed by atoms with van der Waals surface area (Å²) in [5.74, 6) is -0.345. The molecule has 0 aliphatic heterocycles. The highest BCUT2D eigenvalue weighted by molar-refractivity contribution is 7.16. The van der Waals surface area contributed by atoms with Crippen LogP contribution in [0.3, 0.4) is 0 Å². The number of carbonyl (C=O) groups is 1. The van der Waals surface area contributed by atoms with Crippen molar-refractivity contribution in [1.29, 1.82) is 0 Å². The topological polar surface area (TPSA) is 55.5 Å². The Morgan fingerprint density at radius 3 is 2.90 bits per heavy atom. The third kappa shape index (κ3) is 2.69. The van der Waals surface area contributed by atoms with Gasteiger partial charge in [-0.15, -0.1) is 22.7 Å². The van der Waals surface area contributed by atoms with E-state index in [-0.39, 0.29) is 5.91 Å². The Hall–Kier alpha value is -1.46. The molecule has 0 fully saturated rings. The van der Waals surface area contributed by atoms with Gasteiger partial charge in [0.05, 0.1) is 5.56 Å². The maximum Gasteiger partial charge on any atom is 0.252 e. The van der Waals surface area contributed by atoms with Gasteiger partial charge in [-0.2, -0.15) is 0 Å². The van der Waals surface area contributed by atoms with Crippen molar-refractivity contribution in [2.45, 2.75) is 32.1 Å². The summed E-state index contributed by atoms with van der Waals surface area (Å²) in [6, 6.07) is 4.00. The predicted octanol–water partition coefficient (Wildman–Crippen LogP) is 3.93. The van der Waals surface area contributed by atoms with E-state index in [1.165, 1.54) is 17.7 Å². The zero-order valence-electron chi connectivity index (χ0n) is 11.1. The summed E-state index contributed by atoms with van der Waals surface area (Å²) in [7, 11) is 0. The van der Waals surface area contributed by atoms with E-state index in [0.29, 0.717) is 5.56 Å². The maximum atomic E-state index is 11.8. The smallest absolute Gasteiger partial charge is 0.252 e. The average Bonchev–Trinajstić information content (AvgIpc) is 2.99. The van der Waals surface area contributed by atoms with Gasteiger partial charge in [0, 0.05) is 16.0 Å². The summed E-state index contributed by atoms with van der Waals surface area (Å²) in [6.45, 7) is 0. The van der Waals surface area contributed by atoms with E-state index in [1.54, 1.807) is 22.7 Å². The largest absolute Gasteiger partial charge is 0.365 e. The molecular weight excluding hydrogens is 288 g/mol. The summed E-state index contributed by atoms with van der Waals surface area (Å²) in [4.78, 5) is 18.7. The number of rotatable bonds is 3. The van der Waals surface area contributed by atoms with E-state index >= 15 is 0 Å². The second-order valence-corrected chi connectivity index (χ2v) is 6.95. The van der Waals surface area contributed by atoms with Crippen molar-refractivity contribution in [2.24, 2.45) is 10.7 Å². The van der Waals surface area contributed by atoms with E-state index < -0.39 is 0 Å². The fourth-order valence-corrected chi connectivity index (χ4v) is 4.38. The number of hydrogen-bond donors (Lipinski definition) is 1. The second kappa shape index (κ2) is 5.89. The van der Waals surface area contributed by atoms with Gasteiger partial charge in [-0.3, -0.25) is 4.79 Å². The summed E-state index contributed by atoms with van der Waals surface area (Å²) in [6.07, 6.45) is 7.39. The monoisotopic (exact) mass is 304 g/mol. The molecule has 2 N–H and O–H groups in total. The molecule has 1 aliphatic carbocycles. The number of thiophene rings is 2. The lowest BCUT2D eigenvalue weighted by Crippen LogP contribution is -2.12. The van der Waals surface area contributed by atoms with Gasteiger partial charge in [0.15, 0.2) is 0 Å². The minimum atomic E-state index is -0.345. The molecule has 0 bridgehead atoms. The number of aliphatic imine (C=N–C) groups is 1. The van der Waals surface area contributed by atoms with Crippen molar-refractivity contribution in [2.75, 3.05) is 0 Å². The highest BCUT2D eigenvalue weighted by Crippen LogP contribution is 2.38. The van der Waals surface area contributed by atoms with Crippen molar-refractivity contribution in [3.63, 3.8) is 0 Å². The van der Waals surface area contributed by atoms with Crippen LogP contribution in [0.4, 0.5) is 5.00 Å². The number of amides is 1. The molecule has 20 heavy (non-hydrogen) atoms. The molecule has 2 heterocycles. The number of nitrogens with zero attached hydrogens (tertiary/aromatic N) is 1. The minimum Gasteiger partial charge on any atom is -0.365 e. The lowest BCUT2D eigenvalue weighted by Gasteiger charge is -2.00. The number of hydrogen-bond acceptors (Lipinski definition) is 4. The summed E-state index contributed by atoms with van der Waals surface area (Å²) >= 11 is 3.27. The third-order valence-electron chi connectivity index (χ3n) is 3.50. The van der Waals surface area contributed by atoms with Crippen LogP contribution < -0.4 is 5.73 Å². The molecule has 0 unspecified atom stereocenters. The lowest BCUT2D eigenvalue weighted by atomic mass is 10.1. The summed E-state index contributed by atoms with van der Waals surface area (Å²) < 4.78 is 0. The molecule has 5 heteroatoms. The quantitative estimate of drug-likeness (QED) is 0.678. The van der Waals surface area contributed by atoms with Gasteiger partial charge in [-0.1, -0.05) is 12.5 Å². The minimum absolute atomic E-state index is 0.345. The molecule has 0 saturated heterocycles. The molecule has 0 radical (unpaired) electrons. The van der Waals surface area contributed by atoms with Gasteiger partial charge < -0.3 is 5.73 Å². The Bertz CT molecular complexity index is 641.